The Kier molecular flexibility index (Phi) is 10.3. The normalized spacial score (nSPS) is 14.5. The van der Waals surface area contributed by atoms with Crippen molar-refractivity contribution in [1.82, 2.24) is 4.90 Å². The zero-order chi connectivity index (χ0) is 29.6. The third-order valence-corrected chi connectivity index (χ3v) is 7.89. The van der Waals surface area contributed by atoms with Crippen molar-refractivity contribution in [3.8, 4) is 23.0 Å². The van der Waals surface area contributed by atoms with E-state index in [1.807, 2.05) is 18.2 Å². The molecule has 1 saturated heterocycles. The van der Waals surface area contributed by atoms with Crippen LogP contribution in [0.2, 0.25) is 5.02 Å². The number of hydrogen-bond acceptors (Lipinski definition) is 7. The van der Waals surface area contributed by atoms with Crippen LogP contribution in [0.15, 0.2) is 70.0 Å². The second-order valence-corrected chi connectivity index (χ2v) is 12.4. The molecule has 0 radical (unpaired) electrons. The number of ether oxygens (including phenoxy) is 4. The molecule has 1 fully saturated rings. The summed E-state index contributed by atoms with van der Waals surface area (Å²) < 4.78 is 23.6. The lowest BCUT2D eigenvalue weighted by Crippen LogP contribution is -2.32. The number of nitrogens with zero attached hydrogens (tertiary/aromatic N) is 1. The minimum Gasteiger partial charge on any atom is -0.493 e. The van der Waals surface area contributed by atoms with Gasteiger partial charge in [-0.1, -0.05) is 44.5 Å². The van der Waals surface area contributed by atoms with Crippen molar-refractivity contribution in [3.63, 3.8) is 0 Å². The van der Waals surface area contributed by atoms with Gasteiger partial charge in [0.05, 0.1) is 23.0 Å². The highest BCUT2D eigenvalue weighted by Gasteiger charge is 2.35. The van der Waals surface area contributed by atoms with Gasteiger partial charge in [0.1, 0.15) is 31.3 Å². The third-order valence-electron chi connectivity index (χ3n) is 6.14. The second kappa shape index (κ2) is 13.7. The minimum atomic E-state index is -0.372. The third kappa shape index (κ3) is 8.21. The molecular weight excluding hydrogens is 630 g/mol. The van der Waals surface area contributed by atoms with Gasteiger partial charge < -0.3 is 18.9 Å². The molecule has 0 bridgehead atoms. The van der Waals surface area contributed by atoms with Crippen molar-refractivity contribution < 1.29 is 28.5 Å². The molecule has 0 spiro atoms. The first-order chi connectivity index (χ1) is 19.5. The van der Waals surface area contributed by atoms with Gasteiger partial charge in [0, 0.05) is 5.02 Å². The van der Waals surface area contributed by atoms with Crippen LogP contribution in [0.3, 0.4) is 0 Å². The van der Waals surface area contributed by atoms with E-state index in [4.69, 9.17) is 30.5 Å². The van der Waals surface area contributed by atoms with E-state index >= 15 is 0 Å². The van der Waals surface area contributed by atoms with Crippen LogP contribution in [0, 0.1) is 0 Å². The van der Waals surface area contributed by atoms with Crippen LogP contribution in [-0.2, 0) is 10.2 Å². The maximum absolute atomic E-state index is 12.9. The van der Waals surface area contributed by atoms with Gasteiger partial charge in [-0.05, 0) is 98.8 Å². The summed E-state index contributed by atoms with van der Waals surface area (Å²) in [4.78, 5) is 26.9. The fourth-order valence-corrected chi connectivity index (χ4v) is 5.51. The molecule has 0 atom stereocenters. The van der Waals surface area contributed by atoms with E-state index in [2.05, 4.69) is 48.8 Å². The monoisotopic (exact) mass is 659 g/mol. The molecule has 10 heteroatoms. The van der Waals surface area contributed by atoms with E-state index in [0.717, 1.165) is 17.5 Å². The second-order valence-electron chi connectivity index (χ2n) is 10.1. The zero-order valence-corrected chi connectivity index (χ0v) is 26.4. The van der Waals surface area contributed by atoms with Crippen LogP contribution >= 0.6 is 39.3 Å². The van der Waals surface area contributed by atoms with Crippen LogP contribution in [0.1, 0.15) is 31.9 Å². The van der Waals surface area contributed by atoms with Gasteiger partial charge in [0.15, 0.2) is 11.5 Å². The summed E-state index contributed by atoms with van der Waals surface area (Å²) in [5.41, 5.74) is 2.00. The first kappa shape index (κ1) is 30.8. The molecule has 7 nitrogen and oxygen atoms in total. The summed E-state index contributed by atoms with van der Waals surface area (Å²) in [6.45, 7) is 7.46. The Morgan fingerprint density at radius 3 is 2.15 bits per heavy atom. The highest BCUT2D eigenvalue weighted by molar-refractivity contribution is 9.10. The summed E-state index contributed by atoms with van der Waals surface area (Å²) in [7, 11) is 1.54. The first-order valence-corrected chi connectivity index (χ1v) is 14.9. The lowest BCUT2D eigenvalue weighted by Gasteiger charge is -2.19. The molecule has 0 N–H and O–H groups in total. The number of carbonyl (C=O) groups excluding carboxylic acids is 2. The number of rotatable bonds is 11. The van der Waals surface area contributed by atoms with Gasteiger partial charge >= 0.3 is 0 Å². The summed E-state index contributed by atoms with van der Waals surface area (Å²) in [6.07, 6.45) is 1.66. The molecule has 1 aliphatic heterocycles. The molecule has 0 unspecified atom stereocenters. The van der Waals surface area contributed by atoms with E-state index < -0.39 is 0 Å². The smallest absolute Gasteiger partial charge is 0.293 e. The Morgan fingerprint density at radius 2 is 1.51 bits per heavy atom. The van der Waals surface area contributed by atoms with E-state index in [9.17, 15) is 9.59 Å². The number of imide groups is 1. The highest BCUT2D eigenvalue weighted by atomic mass is 79.9. The predicted octanol–water partition coefficient (Wildman–Crippen LogP) is 7.98. The largest absolute Gasteiger partial charge is 0.493 e. The summed E-state index contributed by atoms with van der Waals surface area (Å²) >= 11 is 10.3. The van der Waals surface area contributed by atoms with E-state index in [0.29, 0.717) is 50.4 Å². The lowest BCUT2D eigenvalue weighted by atomic mass is 9.87. The zero-order valence-electron chi connectivity index (χ0n) is 23.2. The number of benzene rings is 3. The molecule has 0 aliphatic carbocycles. The highest BCUT2D eigenvalue weighted by Crippen LogP contribution is 2.39. The number of halogens is 2. The topological polar surface area (TPSA) is 74.3 Å². The molecule has 4 rings (SSSR count). The molecule has 3 aromatic carbocycles. The maximum atomic E-state index is 12.9. The van der Waals surface area contributed by atoms with Crippen molar-refractivity contribution in [3.05, 3.63) is 86.2 Å². The quantitative estimate of drug-likeness (QED) is 0.153. The van der Waals surface area contributed by atoms with Gasteiger partial charge in [-0.2, -0.15) is 0 Å². The maximum Gasteiger partial charge on any atom is 0.293 e. The number of amides is 2. The van der Waals surface area contributed by atoms with Gasteiger partial charge in [0.2, 0.25) is 0 Å². The average Bonchev–Trinajstić information content (AvgIpc) is 3.19. The van der Waals surface area contributed by atoms with E-state index in [-0.39, 0.29) is 29.7 Å². The van der Waals surface area contributed by atoms with Crippen LogP contribution in [0.5, 0.6) is 23.0 Å². The van der Waals surface area contributed by atoms with Gasteiger partial charge in [-0.3, -0.25) is 14.5 Å². The Balaban J connectivity index is 1.34. The standard InChI is InChI=1S/C31H31BrClNO6S/c1-31(2,3)21-5-9-23(10-6-21)39-15-16-40-28-25(32)17-20(18-26(28)37-4)19-27-29(35)34(30(36)41-27)13-14-38-24-11-7-22(33)8-12-24/h5-12,17-19H,13-16H2,1-4H3/b27-19-. The Bertz CT molecular complexity index is 1420. The van der Waals surface area contributed by atoms with Crippen molar-refractivity contribution >= 4 is 56.5 Å². The van der Waals surface area contributed by atoms with Crippen LogP contribution in [0.25, 0.3) is 6.08 Å². The Morgan fingerprint density at radius 1 is 0.902 bits per heavy atom. The summed E-state index contributed by atoms with van der Waals surface area (Å²) in [5.74, 6) is 2.01. The molecule has 2 amide bonds. The number of thioether (sulfide) groups is 1. The number of methoxy groups -OCH3 is 1. The molecule has 216 valence electrons. The van der Waals surface area contributed by atoms with Crippen molar-refractivity contribution in [1.29, 1.82) is 0 Å². The van der Waals surface area contributed by atoms with Crippen molar-refractivity contribution in [2.75, 3.05) is 33.5 Å². The summed E-state index contributed by atoms with van der Waals surface area (Å²) in [5, 5.41) is 0.253. The summed E-state index contributed by atoms with van der Waals surface area (Å²) in [6, 6.07) is 18.5. The van der Waals surface area contributed by atoms with E-state index in [1.54, 1.807) is 43.5 Å². The fraction of sp³-hybridized carbons (Fsp3) is 0.290. The number of hydrogen-bond donors (Lipinski definition) is 0. The molecule has 1 heterocycles. The molecule has 1 aliphatic rings. The molecule has 0 saturated carbocycles. The van der Waals surface area contributed by atoms with Gasteiger partial charge in [-0.25, -0.2) is 0 Å². The predicted molar refractivity (Wildman–Crippen MR) is 166 cm³/mol. The molecule has 3 aromatic rings. The van der Waals surface area contributed by atoms with Gasteiger partial charge in [0.25, 0.3) is 11.1 Å². The molecule has 41 heavy (non-hydrogen) atoms. The fourth-order valence-electron chi connectivity index (χ4n) is 3.95. The van der Waals surface area contributed by atoms with Crippen LogP contribution < -0.4 is 18.9 Å². The van der Waals surface area contributed by atoms with Crippen LogP contribution in [-0.4, -0.2) is 49.5 Å². The number of carbonyl (C=O) groups is 2. The van der Waals surface area contributed by atoms with Crippen LogP contribution in [0.4, 0.5) is 4.79 Å². The molecular formula is C31H31BrClNO6S. The lowest BCUT2D eigenvalue weighted by molar-refractivity contribution is -0.123. The Labute approximate surface area is 257 Å². The Hall–Kier alpha value is -3.14. The molecule has 0 aromatic heterocycles. The SMILES string of the molecule is COc1cc(/C=C2\SC(=O)N(CCOc3ccc(Cl)cc3)C2=O)cc(Br)c1OCCOc1ccc(C(C)(C)C)cc1. The average molecular weight is 661 g/mol. The van der Waals surface area contributed by atoms with Crippen molar-refractivity contribution in [2.45, 2.75) is 26.2 Å². The first-order valence-electron chi connectivity index (χ1n) is 12.9. The van der Waals surface area contributed by atoms with Gasteiger partial charge in [-0.15, -0.1) is 0 Å². The minimum absolute atomic E-state index is 0.0820. The van der Waals surface area contributed by atoms with Crippen molar-refractivity contribution in [2.24, 2.45) is 0 Å². The van der Waals surface area contributed by atoms with E-state index in [1.165, 1.54) is 10.5 Å².